The summed E-state index contributed by atoms with van der Waals surface area (Å²) in [6.07, 6.45) is 0.641. The van der Waals surface area contributed by atoms with Gasteiger partial charge < -0.3 is 5.32 Å². The van der Waals surface area contributed by atoms with Gasteiger partial charge in [-0.05, 0) is 23.8 Å². The van der Waals surface area contributed by atoms with E-state index >= 15 is 0 Å². The highest BCUT2D eigenvalue weighted by Crippen LogP contribution is 2.31. The maximum atomic E-state index is 10.3. The Morgan fingerprint density at radius 2 is 1.94 bits per heavy atom. The number of carbonyl (C=O) groups is 1. The standard InChI is InChI=1S/C14H12ClNOS/c15-13-8-12(16-10-17)6-7-14(13)18-9-11-4-2-1-3-5-11/h1-8,10H,9H2,(H,16,17). The molecule has 92 valence electrons. The lowest BCUT2D eigenvalue weighted by molar-refractivity contribution is -0.105. The van der Waals surface area contributed by atoms with Crippen molar-refractivity contribution in [2.45, 2.75) is 10.6 Å². The Morgan fingerprint density at radius 1 is 1.17 bits per heavy atom. The van der Waals surface area contributed by atoms with Crippen molar-refractivity contribution < 1.29 is 4.79 Å². The number of amides is 1. The molecule has 2 aromatic rings. The predicted octanol–water partition coefficient (Wildman–Crippen LogP) is 4.20. The van der Waals surface area contributed by atoms with Crippen LogP contribution < -0.4 is 5.32 Å². The van der Waals surface area contributed by atoms with Crippen molar-refractivity contribution in [2.24, 2.45) is 0 Å². The molecule has 0 atom stereocenters. The van der Waals surface area contributed by atoms with Crippen molar-refractivity contribution in [3.8, 4) is 0 Å². The molecule has 0 aliphatic rings. The Morgan fingerprint density at radius 3 is 2.61 bits per heavy atom. The molecule has 0 aromatic heterocycles. The molecule has 0 bridgehead atoms. The van der Waals surface area contributed by atoms with E-state index < -0.39 is 0 Å². The summed E-state index contributed by atoms with van der Waals surface area (Å²) in [6, 6.07) is 15.7. The maximum Gasteiger partial charge on any atom is 0.211 e. The summed E-state index contributed by atoms with van der Waals surface area (Å²) in [7, 11) is 0. The first kappa shape index (κ1) is 13.0. The van der Waals surface area contributed by atoms with Crippen LogP contribution in [0.5, 0.6) is 0 Å². The van der Waals surface area contributed by atoms with Crippen LogP contribution >= 0.6 is 23.4 Å². The zero-order valence-electron chi connectivity index (χ0n) is 9.60. The van der Waals surface area contributed by atoms with Crippen LogP contribution in [0.3, 0.4) is 0 Å². The Hall–Kier alpha value is -1.45. The third-order valence-corrected chi connectivity index (χ3v) is 3.96. The Kier molecular flexibility index (Phi) is 4.67. The van der Waals surface area contributed by atoms with Gasteiger partial charge in [-0.3, -0.25) is 4.79 Å². The van der Waals surface area contributed by atoms with Crippen molar-refractivity contribution in [1.29, 1.82) is 0 Å². The van der Waals surface area contributed by atoms with Crippen LogP contribution in [-0.4, -0.2) is 6.41 Å². The van der Waals surface area contributed by atoms with Crippen LogP contribution in [-0.2, 0) is 10.5 Å². The molecule has 0 fully saturated rings. The highest BCUT2D eigenvalue weighted by atomic mass is 35.5. The summed E-state index contributed by atoms with van der Waals surface area (Å²) >= 11 is 7.83. The fourth-order valence-corrected chi connectivity index (χ4v) is 2.73. The molecule has 2 rings (SSSR count). The molecular weight excluding hydrogens is 266 g/mol. The Labute approximate surface area is 115 Å². The van der Waals surface area contributed by atoms with Crippen LogP contribution in [0.15, 0.2) is 53.4 Å². The van der Waals surface area contributed by atoms with Crippen LogP contribution in [0.1, 0.15) is 5.56 Å². The first-order chi connectivity index (χ1) is 8.79. The average Bonchev–Trinajstić information content (AvgIpc) is 2.39. The second kappa shape index (κ2) is 6.47. The number of carbonyl (C=O) groups excluding carboxylic acids is 1. The fraction of sp³-hybridized carbons (Fsp3) is 0.0714. The van der Waals surface area contributed by atoms with Crippen molar-refractivity contribution >= 4 is 35.5 Å². The van der Waals surface area contributed by atoms with Gasteiger partial charge in [0.1, 0.15) is 0 Å². The van der Waals surface area contributed by atoms with Gasteiger partial charge in [0.05, 0.1) is 5.02 Å². The predicted molar refractivity (Wildman–Crippen MR) is 77.1 cm³/mol. The first-order valence-corrected chi connectivity index (χ1v) is 6.82. The molecule has 0 unspecified atom stereocenters. The largest absolute Gasteiger partial charge is 0.329 e. The highest BCUT2D eigenvalue weighted by molar-refractivity contribution is 7.98. The molecule has 1 N–H and O–H groups in total. The molecule has 2 aromatic carbocycles. The van der Waals surface area contributed by atoms with E-state index in [0.717, 1.165) is 10.6 Å². The summed E-state index contributed by atoms with van der Waals surface area (Å²) in [5.41, 5.74) is 1.97. The van der Waals surface area contributed by atoms with Crippen molar-refractivity contribution in [3.63, 3.8) is 0 Å². The second-order valence-electron chi connectivity index (χ2n) is 3.68. The monoisotopic (exact) mass is 277 g/mol. The number of hydrogen-bond donors (Lipinski definition) is 1. The van der Waals surface area contributed by atoms with Gasteiger partial charge in [-0.25, -0.2) is 0 Å². The molecule has 0 radical (unpaired) electrons. The SMILES string of the molecule is O=CNc1ccc(SCc2ccccc2)c(Cl)c1. The van der Waals surface area contributed by atoms with E-state index in [1.165, 1.54) is 5.56 Å². The molecule has 1 amide bonds. The summed E-state index contributed by atoms with van der Waals surface area (Å²) in [4.78, 5) is 11.3. The Balaban J connectivity index is 2.03. The minimum atomic E-state index is 0.641. The minimum absolute atomic E-state index is 0.641. The lowest BCUT2D eigenvalue weighted by Gasteiger charge is -2.06. The first-order valence-electron chi connectivity index (χ1n) is 5.46. The number of halogens is 1. The van der Waals surface area contributed by atoms with Gasteiger partial charge in [-0.1, -0.05) is 41.9 Å². The fourth-order valence-electron chi connectivity index (χ4n) is 1.51. The number of rotatable bonds is 5. The van der Waals surface area contributed by atoms with E-state index in [-0.39, 0.29) is 0 Å². The summed E-state index contributed by atoms with van der Waals surface area (Å²) in [5.74, 6) is 0.876. The second-order valence-corrected chi connectivity index (χ2v) is 5.11. The van der Waals surface area contributed by atoms with E-state index in [9.17, 15) is 4.79 Å². The van der Waals surface area contributed by atoms with Gasteiger partial charge >= 0.3 is 0 Å². The van der Waals surface area contributed by atoms with E-state index in [0.29, 0.717) is 17.1 Å². The summed E-state index contributed by atoms with van der Waals surface area (Å²) < 4.78 is 0. The number of thioether (sulfide) groups is 1. The van der Waals surface area contributed by atoms with E-state index in [1.807, 2.05) is 30.3 Å². The zero-order valence-corrected chi connectivity index (χ0v) is 11.2. The van der Waals surface area contributed by atoms with Crippen LogP contribution in [0.25, 0.3) is 0 Å². The summed E-state index contributed by atoms with van der Waals surface area (Å²) in [6.45, 7) is 0. The molecule has 0 saturated carbocycles. The highest BCUT2D eigenvalue weighted by Gasteiger charge is 2.03. The molecule has 0 saturated heterocycles. The smallest absolute Gasteiger partial charge is 0.211 e. The average molecular weight is 278 g/mol. The number of anilines is 1. The number of hydrogen-bond acceptors (Lipinski definition) is 2. The topological polar surface area (TPSA) is 29.1 Å². The molecule has 0 spiro atoms. The number of nitrogens with one attached hydrogen (secondary N) is 1. The normalized spacial score (nSPS) is 10.1. The third-order valence-electron chi connectivity index (χ3n) is 2.39. The molecule has 4 heteroatoms. The van der Waals surface area contributed by atoms with Gasteiger partial charge in [0, 0.05) is 16.3 Å². The molecule has 0 heterocycles. The van der Waals surface area contributed by atoms with Crippen LogP contribution in [0.2, 0.25) is 5.02 Å². The van der Waals surface area contributed by atoms with Crippen molar-refractivity contribution in [1.82, 2.24) is 0 Å². The summed E-state index contributed by atoms with van der Waals surface area (Å²) in [5, 5.41) is 3.23. The number of benzene rings is 2. The lowest BCUT2D eigenvalue weighted by Crippen LogP contribution is -1.93. The molecule has 0 aliphatic heterocycles. The van der Waals surface area contributed by atoms with Crippen LogP contribution in [0.4, 0.5) is 5.69 Å². The van der Waals surface area contributed by atoms with Gasteiger partial charge in [0.25, 0.3) is 0 Å². The van der Waals surface area contributed by atoms with Crippen molar-refractivity contribution in [3.05, 3.63) is 59.1 Å². The molecule has 18 heavy (non-hydrogen) atoms. The van der Waals surface area contributed by atoms with Crippen molar-refractivity contribution in [2.75, 3.05) is 5.32 Å². The van der Waals surface area contributed by atoms with Crippen LogP contribution in [0, 0.1) is 0 Å². The maximum absolute atomic E-state index is 10.3. The quantitative estimate of drug-likeness (QED) is 0.655. The van der Waals surface area contributed by atoms with Gasteiger partial charge in [-0.15, -0.1) is 11.8 Å². The van der Waals surface area contributed by atoms with Gasteiger partial charge in [0.2, 0.25) is 6.41 Å². The molecule has 0 aliphatic carbocycles. The molecular formula is C14H12ClNOS. The third kappa shape index (κ3) is 3.52. The minimum Gasteiger partial charge on any atom is -0.329 e. The molecule has 2 nitrogen and oxygen atoms in total. The Bertz CT molecular complexity index is 531. The van der Waals surface area contributed by atoms with E-state index in [1.54, 1.807) is 17.8 Å². The zero-order chi connectivity index (χ0) is 12.8. The van der Waals surface area contributed by atoms with E-state index in [2.05, 4.69) is 17.4 Å². The van der Waals surface area contributed by atoms with E-state index in [4.69, 9.17) is 11.6 Å². The van der Waals surface area contributed by atoms with Gasteiger partial charge in [0.15, 0.2) is 0 Å². The van der Waals surface area contributed by atoms with Gasteiger partial charge in [-0.2, -0.15) is 0 Å². The lowest BCUT2D eigenvalue weighted by atomic mass is 10.2.